The second-order valence-electron chi connectivity index (χ2n) is 8.23. The molecule has 0 spiro atoms. The summed E-state index contributed by atoms with van der Waals surface area (Å²) >= 11 is 2.52. The summed E-state index contributed by atoms with van der Waals surface area (Å²) < 4.78 is 0.763. The lowest BCUT2D eigenvalue weighted by Gasteiger charge is -2.35. The quantitative estimate of drug-likeness (QED) is 0.465. The van der Waals surface area contributed by atoms with E-state index >= 15 is 0 Å². The number of halogens is 1. The first-order valence-electron chi connectivity index (χ1n) is 10.1. The highest BCUT2D eigenvalue weighted by molar-refractivity contribution is 14.1. The minimum absolute atomic E-state index is 0.194. The van der Waals surface area contributed by atoms with Gasteiger partial charge in [0.2, 0.25) is 0 Å². The van der Waals surface area contributed by atoms with E-state index < -0.39 is 0 Å². The van der Waals surface area contributed by atoms with E-state index in [9.17, 15) is 9.59 Å². The molecule has 4 heteroatoms. The van der Waals surface area contributed by atoms with Crippen molar-refractivity contribution in [2.24, 2.45) is 17.8 Å². The first-order chi connectivity index (χ1) is 11.6. The molecule has 3 aliphatic rings. The number of Topliss-reactive ketones (excluding diaryl/α,β-unsaturated/α-hetero) is 2. The monoisotopic (exact) mass is 445 g/mol. The van der Waals surface area contributed by atoms with Gasteiger partial charge in [0.25, 0.3) is 0 Å². The van der Waals surface area contributed by atoms with E-state index in [0.717, 1.165) is 55.5 Å². The average molecular weight is 445 g/mol. The lowest BCUT2D eigenvalue weighted by Crippen LogP contribution is -2.44. The Morgan fingerprint density at radius 1 is 0.792 bits per heavy atom. The second kappa shape index (κ2) is 9.11. The Labute approximate surface area is 160 Å². The van der Waals surface area contributed by atoms with E-state index in [2.05, 4.69) is 27.5 Å². The van der Waals surface area contributed by atoms with Gasteiger partial charge in [-0.3, -0.25) is 14.5 Å². The lowest BCUT2D eigenvalue weighted by molar-refractivity contribution is -0.131. The molecule has 1 saturated heterocycles. The number of nitrogens with zero attached hydrogens (tertiary/aromatic N) is 1. The Bertz CT molecular complexity index is 439. The SMILES string of the molecule is O=C(CN1CCCC(C(=O)C2CCCCC2)C1)C1CCC(I)CC1. The van der Waals surface area contributed by atoms with Crippen LogP contribution in [-0.4, -0.2) is 40.0 Å². The van der Waals surface area contributed by atoms with Crippen LogP contribution < -0.4 is 0 Å². The topological polar surface area (TPSA) is 37.4 Å². The first-order valence-corrected chi connectivity index (χ1v) is 11.3. The molecule has 3 rings (SSSR count). The van der Waals surface area contributed by atoms with Gasteiger partial charge in [0.05, 0.1) is 6.54 Å². The van der Waals surface area contributed by atoms with Gasteiger partial charge in [-0.2, -0.15) is 0 Å². The summed E-state index contributed by atoms with van der Waals surface area (Å²) in [7, 11) is 0. The zero-order valence-corrected chi connectivity index (χ0v) is 17.0. The average Bonchev–Trinajstić information content (AvgIpc) is 2.62. The normalized spacial score (nSPS) is 33.3. The molecule has 24 heavy (non-hydrogen) atoms. The molecular weight excluding hydrogens is 413 g/mol. The Morgan fingerprint density at radius 2 is 1.46 bits per heavy atom. The van der Waals surface area contributed by atoms with E-state index in [0.29, 0.717) is 24.0 Å². The maximum Gasteiger partial charge on any atom is 0.149 e. The zero-order chi connectivity index (χ0) is 16.9. The smallest absolute Gasteiger partial charge is 0.149 e. The van der Waals surface area contributed by atoms with Gasteiger partial charge in [-0.25, -0.2) is 0 Å². The second-order valence-corrected chi connectivity index (χ2v) is 9.99. The fraction of sp³-hybridized carbons (Fsp3) is 0.900. The molecule has 2 saturated carbocycles. The van der Waals surface area contributed by atoms with Crippen molar-refractivity contribution < 1.29 is 9.59 Å². The number of ketones is 2. The van der Waals surface area contributed by atoms with Crippen LogP contribution in [0.4, 0.5) is 0 Å². The van der Waals surface area contributed by atoms with Crippen LogP contribution >= 0.6 is 22.6 Å². The van der Waals surface area contributed by atoms with Crippen LogP contribution in [0.25, 0.3) is 0 Å². The Balaban J connectivity index is 1.48. The lowest BCUT2D eigenvalue weighted by atomic mass is 9.79. The molecule has 136 valence electrons. The van der Waals surface area contributed by atoms with Gasteiger partial charge in [0.15, 0.2) is 0 Å². The van der Waals surface area contributed by atoms with Gasteiger partial charge in [0.1, 0.15) is 11.6 Å². The summed E-state index contributed by atoms with van der Waals surface area (Å²) in [5, 5.41) is 0. The predicted octanol–water partition coefficient (Wildman–Crippen LogP) is 4.41. The third-order valence-electron chi connectivity index (χ3n) is 6.41. The molecule has 1 unspecified atom stereocenters. The number of carbonyl (C=O) groups is 2. The highest BCUT2D eigenvalue weighted by Gasteiger charge is 2.33. The number of likely N-dealkylation sites (tertiary alicyclic amines) is 1. The number of hydrogen-bond acceptors (Lipinski definition) is 3. The molecule has 2 aliphatic carbocycles. The van der Waals surface area contributed by atoms with E-state index in [1.54, 1.807) is 0 Å². The van der Waals surface area contributed by atoms with Crippen molar-refractivity contribution >= 4 is 34.2 Å². The van der Waals surface area contributed by atoms with Gasteiger partial charge in [-0.05, 0) is 57.9 Å². The highest BCUT2D eigenvalue weighted by atomic mass is 127. The first kappa shape index (κ1) is 18.8. The summed E-state index contributed by atoms with van der Waals surface area (Å²) in [5.41, 5.74) is 0. The number of piperidine rings is 1. The third-order valence-corrected chi connectivity index (χ3v) is 7.65. The van der Waals surface area contributed by atoms with E-state index in [1.807, 2.05) is 0 Å². The van der Waals surface area contributed by atoms with Crippen LogP contribution in [0.2, 0.25) is 0 Å². The maximum absolute atomic E-state index is 12.8. The summed E-state index contributed by atoms with van der Waals surface area (Å²) in [6, 6.07) is 0. The van der Waals surface area contributed by atoms with E-state index in [1.165, 1.54) is 32.1 Å². The highest BCUT2D eigenvalue weighted by Crippen LogP contribution is 2.31. The van der Waals surface area contributed by atoms with Crippen LogP contribution in [0.3, 0.4) is 0 Å². The largest absolute Gasteiger partial charge is 0.299 e. The summed E-state index contributed by atoms with van der Waals surface area (Å²) in [5.74, 6) is 1.74. The molecule has 3 fully saturated rings. The molecule has 1 aliphatic heterocycles. The Kier molecular flexibility index (Phi) is 7.14. The van der Waals surface area contributed by atoms with Gasteiger partial charge in [0, 0.05) is 28.2 Å². The molecular formula is C20H32INO2. The molecule has 0 aromatic carbocycles. The Morgan fingerprint density at radius 3 is 2.17 bits per heavy atom. The van der Waals surface area contributed by atoms with Gasteiger partial charge >= 0.3 is 0 Å². The molecule has 0 radical (unpaired) electrons. The van der Waals surface area contributed by atoms with Gasteiger partial charge in [-0.1, -0.05) is 41.9 Å². The van der Waals surface area contributed by atoms with Crippen molar-refractivity contribution in [1.82, 2.24) is 4.90 Å². The standard InChI is InChI=1S/C20H32INO2/c21-18-10-8-15(9-11-18)19(23)14-22-12-4-7-17(13-22)20(24)16-5-2-1-3-6-16/h15-18H,1-14H2. The molecule has 0 aromatic rings. The molecule has 0 N–H and O–H groups in total. The molecule has 0 bridgehead atoms. The van der Waals surface area contributed by atoms with Crippen LogP contribution in [0.1, 0.15) is 70.6 Å². The maximum atomic E-state index is 12.8. The fourth-order valence-corrected chi connectivity index (χ4v) is 5.60. The zero-order valence-electron chi connectivity index (χ0n) is 14.9. The number of rotatable bonds is 5. The van der Waals surface area contributed by atoms with Crippen molar-refractivity contribution in [1.29, 1.82) is 0 Å². The van der Waals surface area contributed by atoms with Crippen LogP contribution in [0.5, 0.6) is 0 Å². The van der Waals surface area contributed by atoms with Crippen molar-refractivity contribution in [2.75, 3.05) is 19.6 Å². The minimum Gasteiger partial charge on any atom is -0.299 e. The van der Waals surface area contributed by atoms with Crippen molar-refractivity contribution in [3.8, 4) is 0 Å². The van der Waals surface area contributed by atoms with Crippen molar-refractivity contribution in [2.45, 2.75) is 74.6 Å². The third kappa shape index (κ3) is 5.03. The van der Waals surface area contributed by atoms with E-state index in [4.69, 9.17) is 0 Å². The number of alkyl halides is 1. The Hall–Kier alpha value is 0.0300. The van der Waals surface area contributed by atoms with Crippen molar-refractivity contribution in [3.63, 3.8) is 0 Å². The fourth-order valence-electron chi connectivity index (χ4n) is 4.88. The molecule has 0 amide bonds. The number of hydrogen-bond donors (Lipinski definition) is 0. The van der Waals surface area contributed by atoms with Crippen LogP contribution in [-0.2, 0) is 9.59 Å². The predicted molar refractivity (Wildman–Crippen MR) is 106 cm³/mol. The summed E-state index contributed by atoms with van der Waals surface area (Å²) in [6.45, 7) is 2.43. The van der Waals surface area contributed by atoms with Gasteiger partial charge in [-0.15, -0.1) is 0 Å². The van der Waals surface area contributed by atoms with Crippen LogP contribution in [0, 0.1) is 17.8 Å². The molecule has 3 nitrogen and oxygen atoms in total. The van der Waals surface area contributed by atoms with Crippen molar-refractivity contribution in [3.05, 3.63) is 0 Å². The van der Waals surface area contributed by atoms with Gasteiger partial charge < -0.3 is 0 Å². The van der Waals surface area contributed by atoms with E-state index in [-0.39, 0.29) is 11.8 Å². The number of carbonyl (C=O) groups excluding carboxylic acids is 2. The molecule has 1 atom stereocenters. The molecule has 0 aromatic heterocycles. The minimum atomic E-state index is 0.194. The van der Waals surface area contributed by atoms with Crippen LogP contribution in [0.15, 0.2) is 0 Å². The summed E-state index contributed by atoms with van der Waals surface area (Å²) in [4.78, 5) is 27.7. The summed E-state index contributed by atoms with van der Waals surface area (Å²) in [6.07, 6.45) is 12.6. The molecule has 1 heterocycles.